The third kappa shape index (κ3) is 5.70. The summed E-state index contributed by atoms with van der Waals surface area (Å²) in [6.07, 6.45) is 2.17. The highest BCUT2D eigenvalue weighted by atomic mass is 32.1. The maximum Gasteiger partial charge on any atom is 0.226 e. The minimum atomic E-state index is -0.0487. The predicted octanol–water partition coefficient (Wildman–Crippen LogP) is 3.99. The Morgan fingerprint density at radius 2 is 1.93 bits per heavy atom. The number of aromatic nitrogens is 2. The molecule has 140 valence electrons. The summed E-state index contributed by atoms with van der Waals surface area (Å²) in [4.78, 5) is 21.1. The molecule has 2 aromatic heterocycles. The molecule has 0 atom stereocenters. The van der Waals surface area contributed by atoms with Gasteiger partial charge < -0.3 is 10.1 Å². The summed E-state index contributed by atoms with van der Waals surface area (Å²) in [5.41, 5.74) is 3.75. The van der Waals surface area contributed by atoms with E-state index in [4.69, 9.17) is 4.74 Å². The van der Waals surface area contributed by atoms with E-state index in [0.717, 1.165) is 27.5 Å². The number of amides is 1. The standard InChI is InChI=1S/C21H23N3O2S/c1-15(2)26-13-17-8-4-3-7-16(17)12-23-20(25)11-18-14-27-21(24-18)19-9-5-6-10-22-19/h3-10,14-15H,11-13H2,1-2H3,(H,23,25). The predicted molar refractivity (Wildman–Crippen MR) is 107 cm³/mol. The zero-order chi connectivity index (χ0) is 19.1. The number of nitrogens with zero attached hydrogens (tertiary/aromatic N) is 2. The molecule has 2 heterocycles. The van der Waals surface area contributed by atoms with Crippen LogP contribution in [-0.2, 0) is 29.1 Å². The molecule has 0 fully saturated rings. The summed E-state index contributed by atoms with van der Waals surface area (Å²) in [7, 11) is 0. The summed E-state index contributed by atoms with van der Waals surface area (Å²) in [6.45, 7) is 5.05. The first-order valence-corrected chi connectivity index (χ1v) is 9.80. The summed E-state index contributed by atoms with van der Waals surface area (Å²) < 4.78 is 5.69. The molecule has 0 aliphatic heterocycles. The second-order valence-corrected chi connectivity index (χ2v) is 7.30. The van der Waals surface area contributed by atoms with Gasteiger partial charge in [0.15, 0.2) is 0 Å². The van der Waals surface area contributed by atoms with Crippen molar-refractivity contribution in [2.45, 2.75) is 39.5 Å². The van der Waals surface area contributed by atoms with Gasteiger partial charge in [-0.3, -0.25) is 9.78 Å². The normalized spacial score (nSPS) is 10.9. The van der Waals surface area contributed by atoms with Crippen molar-refractivity contribution in [1.82, 2.24) is 15.3 Å². The minimum Gasteiger partial charge on any atom is -0.374 e. The van der Waals surface area contributed by atoms with Crippen LogP contribution in [0.25, 0.3) is 10.7 Å². The number of thiazole rings is 1. The second kappa shape index (κ2) is 9.39. The van der Waals surface area contributed by atoms with Gasteiger partial charge in [-0.25, -0.2) is 4.98 Å². The fourth-order valence-electron chi connectivity index (χ4n) is 2.54. The molecule has 1 aromatic carbocycles. The Kier molecular flexibility index (Phi) is 6.68. The molecule has 0 bridgehead atoms. The van der Waals surface area contributed by atoms with Crippen molar-refractivity contribution in [2.24, 2.45) is 0 Å². The number of ether oxygens (including phenoxy) is 1. The molecule has 0 saturated heterocycles. The molecular weight excluding hydrogens is 358 g/mol. The van der Waals surface area contributed by atoms with Crippen LogP contribution in [0, 0.1) is 0 Å². The van der Waals surface area contributed by atoms with Crippen LogP contribution >= 0.6 is 11.3 Å². The summed E-state index contributed by atoms with van der Waals surface area (Å²) >= 11 is 1.50. The Labute approximate surface area is 163 Å². The molecule has 1 N–H and O–H groups in total. The van der Waals surface area contributed by atoms with Crippen LogP contribution in [0.4, 0.5) is 0 Å². The highest BCUT2D eigenvalue weighted by Gasteiger charge is 2.10. The zero-order valence-corrected chi connectivity index (χ0v) is 16.3. The maximum atomic E-state index is 12.3. The Bertz CT molecular complexity index is 878. The third-order valence-corrected chi connectivity index (χ3v) is 4.86. The first kappa shape index (κ1) is 19.2. The molecule has 0 aliphatic rings. The quantitative estimate of drug-likeness (QED) is 0.641. The lowest BCUT2D eigenvalue weighted by molar-refractivity contribution is -0.120. The van der Waals surface area contributed by atoms with Crippen molar-refractivity contribution in [2.75, 3.05) is 0 Å². The van der Waals surface area contributed by atoms with Gasteiger partial charge in [0, 0.05) is 18.1 Å². The Hall–Kier alpha value is -2.57. The smallest absolute Gasteiger partial charge is 0.226 e. The molecule has 0 radical (unpaired) electrons. The van der Waals surface area contributed by atoms with Gasteiger partial charge in [-0.1, -0.05) is 30.3 Å². The Morgan fingerprint density at radius 3 is 2.67 bits per heavy atom. The van der Waals surface area contributed by atoms with E-state index in [-0.39, 0.29) is 18.4 Å². The van der Waals surface area contributed by atoms with Crippen LogP contribution in [-0.4, -0.2) is 22.0 Å². The van der Waals surface area contributed by atoms with Gasteiger partial charge in [-0.05, 0) is 37.1 Å². The maximum absolute atomic E-state index is 12.3. The van der Waals surface area contributed by atoms with Crippen LogP contribution in [0.3, 0.4) is 0 Å². The first-order chi connectivity index (χ1) is 13.1. The lowest BCUT2D eigenvalue weighted by atomic mass is 10.1. The first-order valence-electron chi connectivity index (χ1n) is 8.92. The second-order valence-electron chi connectivity index (χ2n) is 6.44. The number of hydrogen-bond donors (Lipinski definition) is 1. The summed E-state index contributed by atoms with van der Waals surface area (Å²) in [5.74, 6) is -0.0487. The SMILES string of the molecule is CC(C)OCc1ccccc1CNC(=O)Cc1csc(-c2ccccn2)n1. The average Bonchev–Trinajstić information content (AvgIpc) is 3.14. The molecule has 3 aromatic rings. The van der Waals surface area contributed by atoms with Crippen LogP contribution in [0.15, 0.2) is 54.0 Å². The van der Waals surface area contributed by atoms with Gasteiger partial charge in [-0.2, -0.15) is 0 Å². The van der Waals surface area contributed by atoms with E-state index in [1.54, 1.807) is 6.20 Å². The molecule has 5 nitrogen and oxygen atoms in total. The van der Waals surface area contributed by atoms with E-state index in [1.165, 1.54) is 11.3 Å². The lowest BCUT2D eigenvalue weighted by Crippen LogP contribution is -2.25. The van der Waals surface area contributed by atoms with Crippen molar-refractivity contribution in [1.29, 1.82) is 0 Å². The molecular formula is C21H23N3O2S. The lowest BCUT2D eigenvalue weighted by Gasteiger charge is -2.12. The fraction of sp³-hybridized carbons (Fsp3) is 0.286. The number of hydrogen-bond acceptors (Lipinski definition) is 5. The number of rotatable bonds is 8. The third-order valence-electron chi connectivity index (χ3n) is 3.94. The number of nitrogens with one attached hydrogen (secondary N) is 1. The topological polar surface area (TPSA) is 64.1 Å². The minimum absolute atomic E-state index is 0.0487. The van der Waals surface area contributed by atoms with Crippen molar-refractivity contribution in [3.63, 3.8) is 0 Å². The summed E-state index contributed by atoms with van der Waals surface area (Å²) in [6, 6.07) is 13.7. The fourth-order valence-corrected chi connectivity index (χ4v) is 3.34. The molecule has 0 unspecified atom stereocenters. The molecule has 0 spiro atoms. The van der Waals surface area contributed by atoms with E-state index in [2.05, 4.69) is 15.3 Å². The molecule has 0 aliphatic carbocycles. The molecule has 6 heteroatoms. The van der Waals surface area contributed by atoms with E-state index < -0.39 is 0 Å². The van der Waals surface area contributed by atoms with Gasteiger partial charge in [0.2, 0.25) is 5.91 Å². The highest BCUT2D eigenvalue weighted by Crippen LogP contribution is 2.21. The molecule has 3 rings (SSSR count). The number of benzene rings is 1. The van der Waals surface area contributed by atoms with Gasteiger partial charge >= 0.3 is 0 Å². The highest BCUT2D eigenvalue weighted by molar-refractivity contribution is 7.13. The molecule has 27 heavy (non-hydrogen) atoms. The number of carbonyl (C=O) groups is 1. The van der Waals surface area contributed by atoms with E-state index >= 15 is 0 Å². The van der Waals surface area contributed by atoms with Crippen molar-refractivity contribution in [3.05, 3.63) is 70.9 Å². The number of pyridine rings is 1. The van der Waals surface area contributed by atoms with Crippen LogP contribution in [0.2, 0.25) is 0 Å². The van der Waals surface area contributed by atoms with E-state index in [9.17, 15) is 4.79 Å². The van der Waals surface area contributed by atoms with Gasteiger partial charge in [0.25, 0.3) is 0 Å². The monoisotopic (exact) mass is 381 g/mol. The molecule has 0 saturated carbocycles. The van der Waals surface area contributed by atoms with Crippen molar-refractivity contribution >= 4 is 17.2 Å². The van der Waals surface area contributed by atoms with Gasteiger partial charge in [0.05, 0.1) is 30.5 Å². The van der Waals surface area contributed by atoms with Crippen molar-refractivity contribution < 1.29 is 9.53 Å². The molecule has 1 amide bonds. The van der Waals surface area contributed by atoms with E-state index in [1.807, 2.05) is 61.7 Å². The number of carbonyl (C=O) groups excluding carboxylic acids is 1. The Balaban J connectivity index is 1.56. The van der Waals surface area contributed by atoms with Gasteiger partial charge in [0.1, 0.15) is 5.01 Å². The van der Waals surface area contributed by atoms with E-state index in [0.29, 0.717) is 13.2 Å². The summed E-state index contributed by atoms with van der Waals surface area (Å²) in [5, 5.41) is 5.72. The Morgan fingerprint density at radius 1 is 1.15 bits per heavy atom. The average molecular weight is 382 g/mol. The zero-order valence-electron chi connectivity index (χ0n) is 15.5. The van der Waals surface area contributed by atoms with Gasteiger partial charge in [-0.15, -0.1) is 11.3 Å². The van der Waals surface area contributed by atoms with Crippen LogP contribution < -0.4 is 5.32 Å². The van der Waals surface area contributed by atoms with Crippen LogP contribution in [0.5, 0.6) is 0 Å². The van der Waals surface area contributed by atoms with Crippen LogP contribution in [0.1, 0.15) is 30.7 Å². The largest absolute Gasteiger partial charge is 0.374 e. The van der Waals surface area contributed by atoms with Crippen molar-refractivity contribution in [3.8, 4) is 10.7 Å².